The number of rotatable bonds is 4. The van der Waals surface area contributed by atoms with E-state index in [1.54, 1.807) is 11.6 Å². The minimum Gasteiger partial charge on any atom is -0.395 e. The van der Waals surface area contributed by atoms with Gasteiger partial charge in [0.1, 0.15) is 0 Å². The standard InChI is InChI=1S/C7H12F3NO2S/c1-4(5(3-12)14-2)11-6(13)7(8,9)10/h4-5,12H,3H2,1-2H3,(H,11,13). The molecule has 2 unspecified atom stereocenters. The van der Waals surface area contributed by atoms with Crippen LogP contribution in [0.2, 0.25) is 0 Å². The molecule has 0 aromatic rings. The number of alkyl halides is 3. The largest absolute Gasteiger partial charge is 0.471 e. The number of amides is 1. The summed E-state index contributed by atoms with van der Waals surface area (Å²) in [5, 5.41) is 10.1. The molecule has 0 aliphatic heterocycles. The molecule has 2 atom stereocenters. The molecular weight excluding hydrogens is 219 g/mol. The summed E-state index contributed by atoms with van der Waals surface area (Å²) in [5.41, 5.74) is 0. The number of halogens is 3. The predicted octanol–water partition coefficient (Wildman–Crippen LogP) is 0.777. The molecule has 0 radical (unpaired) electrons. The minimum atomic E-state index is -4.87. The first-order valence-electron chi connectivity index (χ1n) is 3.84. The Morgan fingerprint density at radius 3 is 2.36 bits per heavy atom. The molecule has 7 heteroatoms. The number of aliphatic hydroxyl groups is 1. The van der Waals surface area contributed by atoms with Gasteiger partial charge in [-0.25, -0.2) is 0 Å². The fourth-order valence-electron chi connectivity index (χ4n) is 0.818. The molecule has 2 N–H and O–H groups in total. The van der Waals surface area contributed by atoms with Crippen molar-refractivity contribution in [3.8, 4) is 0 Å². The Hall–Kier alpha value is -0.430. The molecule has 84 valence electrons. The van der Waals surface area contributed by atoms with Gasteiger partial charge in [-0.15, -0.1) is 0 Å². The summed E-state index contributed by atoms with van der Waals surface area (Å²) < 4.78 is 35.4. The van der Waals surface area contributed by atoms with Gasteiger partial charge in [0.25, 0.3) is 0 Å². The van der Waals surface area contributed by atoms with Crippen molar-refractivity contribution in [2.24, 2.45) is 0 Å². The van der Waals surface area contributed by atoms with Gasteiger partial charge in [-0.2, -0.15) is 24.9 Å². The van der Waals surface area contributed by atoms with E-state index in [4.69, 9.17) is 5.11 Å². The third kappa shape index (κ3) is 4.19. The summed E-state index contributed by atoms with van der Waals surface area (Å²) in [6, 6.07) is -0.718. The molecule has 0 saturated heterocycles. The summed E-state index contributed by atoms with van der Waals surface area (Å²) in [4.78, 5) is 10.5. The lowest BCUT2D eigenvalue weighted by molar-refractivity contribution is -0.174. The van der Waals surface area contributed by atoms with Gasteiger partial charge in [-0.1, -0.05) is 0 Å². The number of thioether (sulfide) groups is 1. The molecule has 0 fully saturated rings. The van der Waals surface area contributed by atoms with Gasteiger partial charge in [0.15, 0.2) is 0 Å². The van der Waals surface area contributed by atoms with Crippen LogP contribution in [0.5, 0.6) is 0 Å². The van der Waals surface area contributed by atoms with Gasteiger partial charge in [-0.3, -0.25) is 4.79 Å². The highest BCUT2D eigenvalue weighted by molar-refractivity contribution is 7.99. The molecule has 0 saturated carbocycles. The molecule has 0 aliphatic carbocycles. The van der Waals surface area contributed by atoms with E-state index in [1.807, 2.05) is 0 Å². The van der Waals surface area contributed by atoms with Crippen molar-refractivity contribution in [1.82, 2.24) is 5.32 Å². The first-order valence-corrected chi connectivity index (χ1v) is 5.13. The van der Waals surface area contributed by atoms with E-state index in [9.17, 15) is 18.0 Å². The first kappa shape index (κ1) is 13.6. The van der Waals surface area contributed by atoms with Crippen LogP contribution >= 0.6 is 11.8 Å². The second-order valence-electron chi connectivity index (χ2n) is 2.72. The Bertz CT molecular complexity index is 194. The maximum Gasteiger partial charge on any atom is 0.471 e. The number of hydrogen-bond acceptors (Lipinski definition) is 3. The van der Waals surface area contributed by atoms with Crippen LogP contribution in [0.4, 0.5) is 13.2 Å². The average Bonchev–Trinajstić information content (AvgIpc) is 2.04. The van der Waals surface area contributed by atoms with Gasteiger partial charge in [-0.05, 0) is 13.2 Å². The van der Waals surface area contributed by atoms with E-state index in [2.05, 4.69) is 0 Å². The molecule has 14 heavy (non-hydrogen) atoms. The predicted molar refractivity (Wildman–Crippen MR) is 48.0 cm³/mol. The zero-order valence-corrected chi connectivity index (χ0v) is 8.58. The molecule has 0 heterocycles. The van der Waals surface area contributed by atoms with Crippen molar-refractivity contribution < 1.29 is 23.1 Å². The van der Waals surface area contributed by atoms with E-state index in [-0.39, 0.29) is 6.61 Å². The Morgan fingerprint density at radius 1 is 1.57 bits per heavy atom. The van der Waals surface area contributed by atoms with Crippen LogP contribution in [0, 0.1) is 0 Å². The Balaban J connectivity index is 4.18. The quantitative estimate of drug-likeness (QED) is 0.751. The van der Waals surface area contributed by atoms with Crippen LogP contribution in [0.3, 0.4) is 0 Å². The molecule has 3 nitrogen and oxygen atoms in total. The van der Waals surface area contributed by atoms with Crippen LogP contribution in [0.25, 0.3) is 0 Å². The van der Waals surface area contributed by atoms with Crippen molar-refractivity contribution >= 4 is 17.7 Å². The van der Waals surface area contributed by atoms with Crippen LogP contribution in [-0.2, 0) is 4.79 Å². The highest BCUT2D eigenvalue weighted by atomic mass is 32.2. The Kier molecular flexibility index (Phi) is 5.28. The summed E-state index contributed by atoms with van der Waals surface area (Å²) in [6.45, 7) is 1.14. The van der Waals surface area contributed by atoms with E-state index >= 15 is 0 Å². The van der Waals surface area contributed by atoms with Crippen LogP contribution in [0.15, 0.2) is 0 Å². The number of nitrogens with one attached hydrogen (secondary N) is 1. The summed E-state index contributed by atoms with van der Waals surface area (Å²) in [5.74, 6) is -1.97. The average molecular weight is 231 g/mol. The van der Waals surface area contributed by atoms with E-state index in [0.29, 0.717) is 0 Å². The number of hydrogen-bond donors (Lipinski definition) is 2. The fourth-order valence-corrected chi connectivity index (χ4v) is 1.44. The minimum absolute atomic E-state index is 0.277. The molecule has 0 aromatic carbocycles. The summed E-state index contributed by atoms with van der Waals surface area (Å²) in [6.07, 6.45) is -3.22. The molecule has 0 bridgehead atoms. The van der Waals surface area contributed by atoms with Crippen molar-refractivity contribution in [1.29, 1.82) is 0 Å². The lowest BCUT2D eigenvalue weighted by Crippen LogP contribution is -2.46. The van der Waals surface area contributed by atoms with Gasteiger partial charge in [0.05, 0.1) is 6.61 Å². The monoisotopic (exact) mass is 231 g/mol. The van der Waals surface area contributed by atoms with Crippen molar-refractivity contribution in [2.75, 3.05) is 12.9 Å². The molecule has 0 rings (SSSR count). The highest BCUT2D eigenvalue weighted by Gasteiger charge is 2.39. The second-order valence-corrected chi connectivity index (χ2v) is 3.79. The lowest BCUT2D eigenvalue weighted by atomic mass is 10.2. The smallest absolute Gasteiger partial charge is 0.395 e. The van der Waals surface area contributed by atoms with Crippen LogP contribution in [0.1, 0.15) is 6.92 Å². The normalized spacial score (nSPS) is 16.1. The fraction of sp³-hybridized carbons (Fsp3) is 0.857. The van der Waals surface area contributed by atoms with Crippen molar-refractivity contribution in [2.45, 2.75) is 24.4 Å². The van der Waals surface area contributed by atoms with Crippen LogP contribution < -0.4 is 5.32 Å². The summed E-state index contributed by atoms with van der Waals surface area (Å²) >= 11 is 1.20. The van der Waals surface area contributed by atoms with E-state index in [1.165, 1.54) is 18.7 Å². The first-order chi connectivity index (χ1) is 6.32. The molecule has 0 aromatic heterocycles. The molecule has 0 spiro atoms. The van der Waals surface area contributed by atoms with Gasteiger partial charge in [0, 0.05) is 11.3 Å². The van der Waals surface area contributed by atoms with Gasteiger partial charge in [0.2, 0.25) is 0 Å². The van der Waals surface area contributed by atoms with Gasteiger partial charge < -0.3 is 10.4 Å². The maximum atomic E-state index is 11.8. The van der Waals surface area contributed by atoms with Crippen molar-refractivity contribution in [3.05, 3.63) is 0 Å². The zero-order chi connectivity index (χ0) is 11.4. The third-order valence-electron chi connectivity index (χ3n) is 1.66. The van der Waals surface area contributed by atoms with Crippen molar-refractivity contribution in [3.63, 3.8) is 0 Å². The maximum absolute atomic E-state index is 11.8. The SMILES string of the molecule is CSC(CO)C(C)NC(=O)C(F)(F)F. The molecule has 1 amide bonds. The van der Waals surface area contributed by atoms with E-state index in [0.717, 1.165) is 0 Å². The number of aliphatic hydroxyl groups excluding tert-OH is 1. The lowest BCUT2D eigenvalue weighted by Gasteiger charge is -2.21. The zero-order valence-electron chi connectivity index (χ0n) is 7.76. The topological polar surface area (TPSA) is 49.3 Å². The second kappa shape index (κ2) is 5.45. The Morgan fingerprint density at radius 2 is 2.07 bits per heavy atom. The molecule has 0 aliphatic rings. The van der Waals surface area contributed by atoms with E-state index < -0.39 is 23.4 Å². The Labute approximate surface area is 84.1 Å². The number of carbonyl (C=O) groups excluding carboxylic acids is 1. The highest BCUT2D eigenvalue weighted by Crippen LogP contribution is 2.16. The molecular formula is C7H12F3NO2S. The van der Waals surface area contributed by atoms with Crippen LogP contribution in [-0.4, -0.2) is 41.3 Å². The summed E-state index contributed by atoms with van der Waals surface area (Å²) in [7, 11) is 0. The third-order valence-corrected chi connectivity index (χ3v) is 2.82. The number of carbonyl (C=O) groups is 1. The van der Waals surface area contributed by atoms with Gasteiger partial charge >= 0.3 is 12.1 Å².